The number of nitrogens with zero attached hydrogens (tertiary/aromatic N) is 4. The third kappa shape index (κ3) is 6.58. The molecule has 6 aromatic carbocycles. The fourth-order valence-corrected chi connectivity index (χ4v) is 7.58. The molecule has 0 saturated heterocycles. The van der Waals surface area contributed by atoms with Crippen LogP contribution in [0.3, 0.4) is 0 Å². The van der Waals surface area contributed by atoms with Gasteiger partial charge in [-0.25, -0.2) is 0 Å². The van der Waals surface area contributed by atoms with Crippen LogP contribution in [-0.2, 0) is 21.1 Å². The van der Waals surface area contributed by atoms with Crippen LogP contribution < -0.4 is 14.5 Å². The van der Waals surface area contributed by atoms with E-state index in [1.807, 2.05) is 42.7 Å². The minimum atomic E-state index is 0. The van der Waals surface area contributed by atoms with Gasteiger partial charge in [0.25, 0.3) is 0 Å². The van der Waals surface area contributed by atoms with Gasteiger partial charge in [-0.1, -0.05) is 65.7 Å². The topological polar surface area (TPSA) is 33.5 Å². The van der Waals surface area contributed by atoms with Crippen molar-refractivity contribution in [3.05, 3.63) is 174 Å². The van der Waals surface area contributed by atoms with Crippen LogP contribution in [0.4, 0.5) is 22.7 Å². The average molecular weight is 859 g/mol. The van der Waals surface area contributed by atoms with Crippen molar-refractivity contribution in [2.75, 3.05) is 9.80 Å². The molecule has 0 fully saturated rings. The van der Waals surface area contributed by atoms with Crippen LogP contribution >= 0.6 is 0 Å². The van der Waals surface area contributed by atoms with Gasteiger partial charge in [-0.2, -0.15) is 6.07 Å². The van der Waals surface area contributed by atoms with E-state index in [9.17, 15) is 0 Å². The van der Waals surface area contributed by atoms with Crippen molar-refractivity contribution in [2.24, 2.45) is 0 Å². The van der Waals surface area contributed by atoms with Crippen LogP contribution in [0.5, 0.6) is 11.5 Å². The van der Waals surface area contributed by atoms with Gasteiger partial charge >= 0.3 is 0 Å². The second-order valence-electron chi connectivity index (χ2n) is 13.5. The first kappa shape index (κ1) is 35.0. The molecule has 0 N–H and O–H groups in total. The van der Waals surface area contributed by atoms with E-state index < -0.39 is 0 Å². The van der Waals surface area contributed by atoms with E-state index in [2.05, 4.69) is 154 Å². The molecule has 6 heteroatoms. The molecule has 1 aliphatic heterocycles. The van der Waals surface area contributed by atoms with Crippen LogP contribution in [0.15, 0.2) is 122 Å². The monoisotopic (exact) mass is 858 g/mol. The number of rotatable bonds is 7. The van der Waals surface area contributed by atoms with Crippen molar-refractivity contribution >= 4 is 22.7 Å². The van der Waals surface area contributed by atoms with Crippen LogP contribution in [0, 0.1) is 60.3 Å². The molecule has 0 atom stereocenters. The molecule has 8 rings (SSSR count). The first-order chi connectivity index (χ1) is 24.7. The SMILES string of the molecule is Cc1cc(C)c(-c2cccc(-n3ccnc3-c3[c-]c(Oc4[c-]c(N5[CH-]N(c6c(C)cc(C)cc6C)c6ccccc65)ccc4)ccc3)c2)c(C)c1.[Pt]. The van der Waals surface area contributed by atoms with Crippen molar-refractivity contribution in [3.63, 3.8) is 0 Å². The number of imidazole rings is 1. The molecule has 1 aliphatic rings. The van der Waals surface area contributed by atoms with Gasteiger partial charge in [-0.3, -0.25) is 4.98 Å². The summed E-state index contributed by atoms with van der Waals surface area (Å²) < 4.78 is 8.53. The summed E-state index contributed by atoms with van der Waals surface area (Å²) in [5.41, 5.74) is 16.2. The van der Waals surface area contributed by atoms with Crippen molar-refractivity contribution in [2.45, 2.75) is 41.5 Å². The molecule has 2 heterocycles. The third-order valence-corrected chi connectivity index (χ3v) is 9.48. The summed E-state index contributed by atoms with van der Waals surface area (Å²) in [7, 11) is 0. The van der Waals surface area contributed by atoms with Gasteiger partial charge in [0.15, 0.2) is 0 Å². The average Bonchev–Trinajstić information content (AvgIpc) is 3.74. The molecule has 0 aliphatic carbocycles. The molecule has 0 amide bonds. The number of anilines is 4. The Balaban J connectivity index is 0.00000420. The molecule has 5 nitrogen and oxygen atoms in total. The van der Waals surface area contributed by atoms with Crippen molar-refractivity contribution in [3.8, 4) is 39.7 Å². The van der Waals surface area contributed by atoms with Crippen LogP contribution in [-0.4, -0.2) is 9.55 Å². The summed E-state index contributed by atoms with van der Waals surface area (Å²) in [5, 5.41) is 0. The molecule has 52 heavy (non-hydrogen) atoms. The normalized spacial score (nSPS) is 12.1. The summed E-state index contributed by atoms with van der Waals surface area (Å²) in [6, 6.07) is 45.0. The molecular weight excluding hydrogens is 820 g/mol. The molecule has 0 bridgehead atoms. The Morgan fingerprint density at radius 3 is 1.94 bits per heavy atom. The molecule has 0 saturated carbocycles. The van der Waals surface area contributed by atoms with Gasteiger partial charge in [-0.15, -0.1) is 54.3 Å². The maximum Gasteiger partial charge on any atom is 0.0603 e. The molecule has 7 aromatic rings. The van der Waals surface area contributed by atoms with Gasteiger partial charge in [0.05, 0.1) is 5.82 Å². The summed E-state index contributed by atoms with van der Waals surface area (Å²) in [4.78, 5) is 9.20. The van der Waals surface area contributed by atoms with E-state index in [0.29, 0.717) is 11.5 Å². The number of aryl methyl sites for hydroxylation is 6. The zero-order valence-corrected chi connectivity index (χ0v) is 32.4. The smallest absolute Gasteiger partial charge is 0.0603 e. The van der Waals surface area contributed by atoms with Crippen LogP contribution in [0.25, 0.3) is 28.2 Å². The number of benzene rings is 6. The van der Waals surface area contributed by atoms with Gasteiger partial charge in [0, 0.05) is 67.7 Å². The van der Waals surface area contributed by atoms with Crippen molar-refractivity contribution < 1.29 is 25.8 Å². The predicted octanol–water partition coefficient (Wildman–Crippen LogP) is 11.9. The second-order valence-corrected chi connectivity index (χ2v) is 13.5. The van der Waals surface area contributed by atoms with E-state index in [-0.39, 0.29) is 21.1 Å². The van der Waals surface area contributed by atoms with Gasteiger partial charge in [-0.05, 0) is 99.2 Å². The summed E-state index contributed by atoms with van der Waals surface area (Å²) >= 11 is 0. The maximum absolute atomic E-state index is 6.42. The number of hydrogen-bond acceptors (Lipinski definition) is 4. The van der Waals surface area contributed by atoms with Crippen molar-refractivity contribution in [1.29, 1.82) is 0 Å². The Kier molecular flexibility index (Phi) is 9.65. The Hall–Kier alpha value is -5.38. The van der Waals surface area contributed by atoms with E-state index >= 15 is 0 Å². The Bertz CT molecular complexity index is 2380. The summed E-state index contributed by atoms with van der Waals surface area (Å²) in [6.07, 6.45) is 3.82. The third-order valence-electron chi connectivity index (χ3n) is 9.48. The number of para-hydroxylation sites is 2. The zero-order chi connectivity index (χ0) is 35.2. The van der Waals surface area contributed by atoms with Crippen LogP contribution in [0.1, 0.15) is 33.4 Å². The molecule has 1 aromatic heterocycles. The van der Waals surface area contributed by atoms with E-state index in [0.717, 1.165) is 34.1 Å². The number of fused-ring (bicyclic) bond motifs is 1. The number of aromatic nitrogens is 2. The van der Waals surface area contributed by atoms with Crippen LogP contribution in [0.2, 0.25) is 0 Å². The summed E-state index contributed by atoms with van der Waals surface area (Å²) in [5.74, 6) is 1.99. The first-order valence-electron chi connectivity index (χ1n) is 17.3. The van der Waals surface area contributed by atoms with Gasteiger partial charge in [0.1, 0.15) is 0 Å². The van der Waals surface area contributed by atoms with Crippen molar-refractivity contribution in [1.82, 2.24) is 9.55 Å². The van der Waals surface area contributed by atoms with Gasteiger partial charge < -0.3 is 19.1 Å². The minimum absolute atomic E-state index is 0. The molecule has 0 unspecified atom stereocenters. The standard InChI is InChI=1S/C46H39N4O.Pt/c1-30-22-32(3)44(33(4)23-30)36-12-9-14-38(26-36)48-21-20-47-46(48)37-13-10-16-40(27-37)51-41-17-11-15-39(28-41)49-29-50(43-19-8-7-18-42(43)49)45-34(5)24-31(2)25-35(45)6;/h7-26,29H,1-6H3;/q-3;. The largest absolute Gasteiger partial charge is 0.503 e. The zero-order valence-electron chi connectivity index (χ0n) is 30.1. The van der Waals surface area contributed by atoms with E-state index in [4.69, 9.17) is 9.72 Å². The van der Waals surface area contributed by atoms with Gasteiger partial charge in [0.2, 0.25) is 0 Å². The molecular formula is C46H39N4OPt-3. The molecule has 0 radical (unpaired) electrons. The minimum Gasteiger partial charge on any atom is -0.503 e. The Morgan fingerprint density at radius 1 is 0.615 bits per heavy atom. The fraction of sp³-hybridized carbons (Fsp3) is 0.130. The quantitative estimate of drug-likeness (QED) is 0.150. The number of ether oxygens (including phenoxy) is 1. The van der Waals surface area contributed by atoms with E-state index in [1.54, 1.807) is 0 Å². The maximum atomic E-state index is 6.42. The predicted molar refractivity (Wildman–Crippen MR) is 209 cm³/mol. The molecule has 0 spiro atoms. The first-order valence-corrected chi connectivity index (χ1v) is 17.3. The van der Waals surface area contributed by atoms with E-state index in [1.165, 1.54) is 50.2 Å². The Labute approximate surface area is 321 Å². The number of hydrogen-bond donors (Lipinski definition) is 0. The molecule has 262 valence electrons. The fourth-order valence-electron chi connectivity index (χ4n) is 7.58. The Morgan fingerprint density at radius 2 is 1.23 bits per heavy atom. The summed E-state index contributed by atoms with van der Waals surface area (Å²) in [6.45, 7) is 15.2. The second kappa shape index (κ2) is 14.3.